The van der Waals surface area contributed by atoms with Crippen molar-refractivity contribution in [2.45, 2.75) is 6.61 Å². The number of aliphatic hydroxyl groups is 2. The van der Waals surface area contributed by atoms with Crippen LogP contribution >= 0.6 is 0 Å². The third kappa shape index (κ3) is 2.22. The summed E-state index contributed by atoms with van der Waals surface area (Å²) in [5, 5.41) is 17.1. The Labute approximate surface area is 64.9 Å². The standard InChI is InChI=1S/C8H10O3/c9-5-7-2-1-3-8(4-7)11-6-10/h1-4,9-10H,5-6H2. The van der Waals surface area contributed by atoms with Crippen LogP contribution in [-0.4, -0.2) is 17.0 Å². The van der Waals surface area contributed by atoms with Crippen LogP contribution < -0.4 is 4.74 Å². The fourth-order valence-electron chi connectivity index (χ4n) is 0.808. The molecule has 1 aromatic rings. The van der Waals surface area contributed by atoms with Crippen molar-refractivity contribution in [1.82, 2.24) is 0 Å². The molecular weight excluding hydrogens is 144 g/mol. The molecule has 3 nitrogen and oxygen atoms in total. The molecule has 0 aliphatic carbocycles. The molecule has 0 saturated carbocycles. The lowest BCUT2D eigenvalue weighted by Crippen LogP contribution is -1.94. The first-order valence-electron chi connectivity index (χ1n) is 3.30. The Balaban J connectivity index is 2.74. The number of hydrogen-bond acceptors (Lipinski definition) is 3. The predicted molar refractivity (Wildman–Crippen MR) is 40.1 cm³/mol. The minimum Gasteiger partial charge on any atom is -0.468 e. The van der Waals surface area contributed by atoms with Gasteiger partial charge in [-0.3, -0.25) is 0 Å². The lowest BCUT2D eigenvalue weighted by Gasteiger charge is -2.02. The summed E-state index contributed by atoms with van der Waals surface area (Å²) < 4.78 is 4.79. The molecule has 2 N–H and O–H groups in total. The molecule has 1 aromatic carbocycles. The van der Waals surface area contributed by atoms with Gasteiger partial charge in [-0.2, -0.15) is 0 Å². The minimum atomic E-state index is -0.338. The molecule has 0 atom stereocenters. The maximum atomic E-state index is 8.71. The van der Waals surface area contributed by atoms with Gasteiger partial charge in [-0.1, -0.05) is 12.1 Å². The quantitative estimate of drug-likeness (QED) is 0.623. The fourth-order valence-corrected chi connectivity index (χ4v) is 0.808. The number of ether oxygens (including phenoxy) is 1. The van der Waals surface area contributed by atoms with E-state index in [-0.39, 0.29) is 13.4 Å². The van der Waals surface area contributed by atoms with Gasteiger partial charge in [0.2, 0.25) is 0 Å². The molecule has 0 aliphatic heterocycles. The van der Waals surface area contributed by atoms with Crippen LogP contribution in [0, 0.1) is 0 Å². The zero-order valence-electron chi connectivity index (χ0n) is 6.03. The number of hydrogen-bond donors (Lipinski definition) is 2. The van der Waals surface area contributed by atoms with Crippen LogP contribution in [0.1, 0.15) is 5.56 Å². The molecule has 60 valence electrons. The summed E-state index contributed by atoms with van der Waals surface area (Å²) in [6.07, 6.45) is 0. The van der Waals surface area contributed by atoms with Crippen molar-refractivity contribution in [2.24, 2.45) is 0 Å². The van der Waals surface area contributed by atoms with Crippen molar-refractivity contribution in [3.63, 3.8) is 0 Å². The Morgan fingerprint density at radius 3 is 2.73 bits per heavy atom. The van der Waals surface area contributed by atoms with E-state index in [1.807, 2.05) is 0 Å². The molecular formula is C8H10O3. The van der Waals surface area contributed by atoms with Crippen LogP contribution in [0.4, 0.5) is 0 Å². The van der Waals surface area contributed by atoms with E-state index in [0.29, 0.717) is 5.75 Å². The van der Waals surface area contributed by atoms with E-state index in [9.17, 15) is 0 Å². The van der Waals surface area contributed by atoms with Crippen molar-refractivity contribution < 1.29 is 14.9 Å². The molecule has 11 heavy (non-hydrogen) atoms. The summed E-state index contributed by atoms with van der Waals surface area (Å²) in [6.45, 7) is -0.350. The second kappa shape index (κ2) is 3.95. The number of benzene rings is 1. The van der Waals surface area contributed by atoms with E-state index in [0.717, 1.165) is 5.56 Å². The highest BCUT2D eigenvalue weighted by Gasteiger charge is 1.93. The average molecular weight is 154 g/mol. The van der Waals surface area contributed by atoms with E-state index < -0.39 is 0 Å². The molecule has 0 bridgehead atoms. The topological polar surface area (TPSA) is 49.7 Å². The molecule has 0 aromatic heterocycles. The maximum absolute atomic E-state index is 8.71. The van der Waals surface area contributed by atoms with E-state index >= 15 is 0 Å². The van der Waals surface area contributed by atoms with Gasteiger partial charge in [0.15, 0.2) is 6.79 Å². The van der Waals surface area contributed by atoms with Gasteiger partial charge >= 0.3 is 0 Å². The number of aliphatic hydroxyl groups excluding tert-OH is 2. The lowest BCUT2D eigenvalue weighted by atomic mass is 10.2. The van der Waals surface area contributed by atoms with Gasteiger partial charge in [-0.25, -0.2) is 0 Å². The normalized spacial score (nSPS) is 9.64. The second-order valence-electron chi connectivity index (χ2n) is 2.08. The van der Waals surface area contributed by atoms with Crippen LogP contribution in [0.5, 0.6) is 5.75 Å². The zero-order chi connectivity index (χ0) is 8.10. The van der Waals surface area contributed by atoms with Gasteiger partial charge in [0.25, 0.3) is 0 Å². The zero-order valence-corrected chi connectivity index (χ0v) is 6.03. The Kier molecular flexibility index (Phi) is 2.89. The molecule has 0 amide bonds. The van der Waals surface area contributed by atoms with Crippen molar-refractivity contribution in [3.05, 3.63) is 29.8 Å². The summed E-state index contributed by atoms with van der Waals surface area (Å²) in [4.78, 5) is 0. The first kappa shape index (κ1) is 8.04. The van der Waals surface area contributed by atoms with Crippen LogP contribution in [0.15, 0.2) is 24.3 Å². The summed E-state index contributed by atoms with van der Waals surface area (Å²) in [6, 6.07) is 6.94. The Morgan fingerprint density at radius 1 is 1.27 bits per heavy atom. The number of rotatable bonds is 3. The highest BCUT2D eigenvalue weighted by molar-refractivity contribution is 5.27. The molecule has 1 rings (SSSR count). The van der Waals surface area contributed by atoms with Crippen LogP contribution in [0.2, 0.25) is 0 Å². The monoisotopic (exact) mass is 154 g/mol. The fraction of sp³-hybridized carbons (Fsp3) is 0.250. The van der Waals surface area contributed by atoms with E-state index in [1.54, 1.807) is 24.3 Å². The summed E-state index contributed by atoms with van der Waals surface area (Å²) >= 11 is 0. The van der Waals surface area contributed by atoms with Gasteiger partial charge in [-0.15, -0.1) is 0 Å². The smallest absolute Gasteiger partial charge is 0.186 e. The highest BCUT2D eigenvalue weighted by Crippen LogP contribution is 2.12. The first-order valence-corrected chi connectivity index (χ1v) is 3.30. The molecule has 0 spiro atoms. The van der Waals surface area contributed by atoms with E-state index in [1.165, 1.54) is 0 Å². The van der Waals surface area contributed by atoms with Crippen LogP contribution in [0.25, 0.3) is 0 Å². The van der Waals surface area contributed by atoms with Crippen molar-refractivity contribution in [3.8, 4) is 5.75 Å². The first-order chi connectivity index (χ1) is 5.36. The molecule has 0 saturated heterocycles. The van der Waals surface area contributed by atoms with Crippen molar-refractivity contribution in [2.75, 3.05) is 6.79 Å². The van der Waals surface area contributed by atoms with Crippen molar-refractivity contribution >= 4 is 0 Å². The lowest BCUT2D eigenvalue weighted by molar-refractivity contribution is 0.0983. The molecule has 0 radical (unpaired) electrons. The molecule has 0 heterocycles. The summed E-state index contributed by atoms with van der Waals surface area (Å²) in [5.41, 5.74) is 0.774. The van der Waals surface area contributed by atoms with Gasteiger partial charge in [0.05, 0.1) is 6.61 Å². The molecule has 0 aliphatic rings. The molecule has 3 heteroatoms. The van der Waals surface area contributed by atoms with E-state index in [4.69, 9.17) is 14.9 Å². The van der Waals surface area contributed by atoms with E-state index in [2.05, 4.69) is 0 Å². The van der Waals surface area contributed by atoms with Gasteiger partial charge in [0.1, 0.15) is 5.75 Å². The van der Waals surface area contributed by atoms with Crippen molar-refractivity contribution in [1.29, 1.82) is 0 Å². The maximum Gasteiger partial charge on any atom is 0.186 e. The summed E-state index contributed by atoms with van der Waals surface area (Å²) in [7, 11) is 0. The minimum absolute atomic E-state index is 0.0113. The SMILES string of the molecule is OCOc1cccc(CO)c1. The van der Waals surface area contributed by atoms with Gasteiger partial charge < -0.3 is 14.9 Å². The van der Waals surface area contributed by atoms with Gasteiger partial charge in [-0.05, 0) is 17.7 Å². The third-order valence-corrected chi connectivity index (χ3v) is 1.31. The average Bonchev–Trinajstić information content (AvgIpc) is 2.06. The highest BCUT2D eigenvalue weighted by atomic mass is 16.6. The Bertz CT molecular complexity index is 222. The van der Waals surface area contributed by atoms with Crippen LogP contribution in [0.3, 0.4) is 0 Å². The molecule has 0 fully saturated rings. The predicted octanol–water partition coefficient (Wildman–Crippen LogP) is 0.507. The Hall–Kier alpha value is -1.06. The van der Waals surface area contributed by atoms with Crippen LogP contribution in [-0.2, 0) is 6.61 Å². The second-order valence-corrected chi connectivity index (χ2v) is 2.08. The third-order valence-electron chi connectivity index (χ3n) is 1.31. The largest absolute Gasteiger partial charge is 0.468 e. The summed E-state index contributed by atoms with van der Waals surface area (Å²) in [5.74, 6) is 0.569. The Morgan fingerprint density at radius 2 is 2.09 bits per heavy atom. The van der Waals surface area contributed by atoms with Gasteiger partial charge in [0, 0.05) is 0 Å². The molecule has 0 unspecified atom stereocenters.